The van der Waals surface area contributed by atoms with Crippen LogP contribution in [0.1, 0.15) is 5.56 Å². The van der Waals surface area contributed by atoms with E-state index in [4.69, 9.17) is 9.84 Å². The molecule has 7 nitrogen and oxygen atoms in total. The fraction of sp³-hybridized carbons (Fsp3) is 0.500. The monoisotopic (exact) mass is 375 g/mol. The predicted molar refractivity (Wildman–Crippen MR) is 79.8 cm³/mol. The number of aliphatic hydroxyl groups is 4. The van der Waals surface area contributed by atoms with Gasteiger partial charge < -0.3 is 30.5 Å². The number of hydrogen-bond acceptors (Lipinski definition) is 6. The van der Waals surface area contributed by atoms with Crippen LogP contribution in [0.25, 0.3) is 0 Å². The Morgan fingerprint density at radius 1 is 1.18 bits per heavy atom. The molecule has 1 aromatic rings. The highest BCUT2D eigenvalue weighted by molar-refractivity contribution is 9.10. The topological polar surface area (TPSA) is 119 Å². The van der Waals surface area contributed by atoms with Crippen molar-refractivity contribution in [3.8, 4) is 0 Å². The Morgan fingerprint density at radius 2 is 1.82 bits per heavy atom. The van der Waals surface area contributed by atoms with E-state index < -0.39 is 43.2 Å². The SMILES string of the molecule is O=C(Cc1ccc(Br)cc1)N[C@@H]1[C@@H](O)[C@H](O)[C@@H](CO)O[C@H]1O. The Labute approximate surface area is 135 Å². The molecule has 1 aliphatic heterocycles. The summed E-state index contributed by atoms with van der Waals surface area (Å²) in [6, 6.07) is 5.97. The summed E-state index contributed by atoms with van der Waals surface area (Å²) in [4.78, 5) is 12.0. The van der Waals surface area contributed by atoms with Gasteiger partial charge in [-0.05, 0) is 17.7 Å². The second-order valence-corrected chi connectivity index (χ2v) is 6.04. The summed E-state index contributed by atoms with van der Waals surface area (Å²) in [6.45, 7) is -0.547. The molecule has 0 spiro atoms. The zero-order valence-corrected chi connectivity index (χ0v) is 13.2. The smallest absolute Gasteiger partial charge is 0.224 e. The Hall–Kier alpha value is -1.03. The minimum Gasteiger partial charge on any atom is -0.394 e. The van der Waals surface area contributed by atoms with Crippen molar-refractivity contribution in [3.05, 3.63) is 34.3 Å². The van der Waals surface area contributed by atoms with Crippen molar-refractivity contribution in [2.75, 3.05) is 6.61 Å². The van der Waals surface area contributed by atoms with Crippen molar-refractivity contribution in [1.29, 1.82) is 0 Å². The number of amides is 1. The first kappa shape index (κ1) is 17.3. The maximum absolute atomic E-state index is 12.0. The van der Waals surface area contributed by atoms with E-state index in [1.807, 2.05) is 0 Å². The van der Waals surface area contributed by atoms with Crippen molar-refractivity contribution in [2.45, 2.75) is 37.1 Å². The van der Waals surface area contributed by atoms with Crippen LogP contribution in [-0.4, -0.2) is 63.6 Å². The quantitative estimate of drug-likeness (QED) is 0.456. The molecule has 0 bridgehead atoms. The number of ether oxygens (including phenoxy) is 1. The van der Waals surface area contributed by atoms with Gasteiger partial charge in [-0.3, -0.25) is 4.79 Å². The molecule has 5 atom stereocenters. The van der Waals surface area contributed by atoms with Crippen LogP contribution in [0.2, 0.25) is 0 Å². The van der Waals surface area contributed by atoms with Crippen LogP contribution in [0.3, 0.4) is 0 Å². The maximum Gasteiger partial charge on any atom is 0.224 e. The number of benzene rings is 1. The normalized spacial score (nSPS) is 31.8. The van der Waals surface area contributed by atoms with Gasteiger partial charge in [-0.2, -0.15) is 0 Å². The van der Waals surface area contributed by atoms with Gasteiger partial charge in [-0.15, -0.1) is 0 Å². The van der Waals surface area contributed by atoms with Gasteiger partial charge in [0.2, 0.25) is 5.91 Å². The molecule has 5 N–H and O–H groups in total. The number of rotatable bonds is 4. The number of carbonyl (C=O) groups is 1. The molecule has 122 valence electrons. The van der Waals surface area contributed by atoms with Gasteiger partial charge in [0, 0.05) is 4.47 Å². The van der Waals surface area contributed by atoms with E-state index in [-0.39, 0.29) is 6.42 Å². The molecule has 0 unspecified atom stereocenters. The summed E-state index contributed by atoms with van der Waals surface area (Å²) >= 11 is 3.29. The molecule has 1 aliphatic rings. The van der Waals surface area contributed by atoms with Crippen LogP contribution in [0.15, 0.2) is 28.7 Å². The molecule has 1 aromatic carbocycles. The van der Waals surface area contributed by atoms with Crippen LogP contribution in [0, 0.1) is 0 Å². The summed E-state index contributed by atoms with van der Waals surface area (Å²) in [7, 11) is 0. The second kappa shape index (κ2) is 7.49. The third kappa shape index (κ3) is 4.03. The molecule has 2 rings (SSSR count). The minimum atomic E-state index is -1.51. The van der Waals surface area contributed by atoms with E-state index in [1.165, 1.54) is 0 Å². The summed E-state index contributed by atoms with van der Waals surface area (Å²) in [6.07, 6.45) is -5.38. The summed E-state index contributed by atoms with van der Waals surface area (Å²) in [5.74, 6) is -0.427. The minimum absolute atomic E-state index is 0.0583. The Morgan fingerprint density at radius 3 is 2.41 bits per heavy atom. The van der Waals surface area contributed by atoms with Crippen LogP contribution in [0.4, 0.5) is 0 Å². The van der Waals surface area contributed by atoms with Gasteiger partial charge in [0.25, 0.3) is 0 Å². The first-order valence-electron chi connectivity index (χ1n) is 6.76. The number of aliphatic hydroxyl groups excluding tert-OH is 4. The lowest BCUT2D eigenvalue weighted by atomic mass is 9.97. The maximum atomic E-state index is 12.0. The first-order valence-corrected chi connectivity index (χ1v) is 7.56. The molecular weight excluding hydrogens is 358 g/mol. The molecule has 0 aliphatic carbocycles. The van der Waals surface area contributed by atoms with E-state index in [0.717, 1.165) is 10.0 Å². The van der Waals surface area contributed by atoms with Crippen molar-refractivity contribution in [2.24, 2.45) is 0 Å². The van der Waals surface area contributed by atoms with E-state index in [2.05, 4.69) is 21.2 Å². The second-order valence-electron chi connectivity index (χ2n) is 5.13. The molecule has 0 radical (unpaired) electrons. The number of hydrogen-bond donors (Lipinski definition) is 5. The predicted octanol–water partition coefficient (Wildman–Crippen LogP) is -1.09. The average Bonchev–Trinajstić information content (AvgIpc) is 2.49. The molecule has 1 amide bonds. The highest BCUT2D eigenvalue weighted by Gasteiger charge is 2.44. The van der Waals surface area contributed by atoms with Crippen LogP contribution < -0.4 is 5.32 Å². The zero-order chi connectivity index (χ0) is 16.3. The van der Waals surface area contributed by atoms with Crippen molar-refractivity contribution >= 4 is 21.8 Å². The number of halogens is 1. The molecule has 1 fully saturated rings. The van der Waals surface area contributed by atoms with Crippen LogP contribution >= 0.6 is 15.9 Å². The largest absolute Gasteiger partial charge is 0.394 e. The highest BCUT2D eigenvalue weighted by Crippen LogP contribution is 2.20. The molecule has 1 saturated heterocycles. The first-order chi connectivity index (χ1) is 10.4. The highest BCUT2D eigenvalue weighted by atomic mass is 79.9. The van der Waals surface area contributed by atoms with E-state index >= 15 is 0 Å². The van der Waals surface area contributed by atoms with Gasteiger partial charge >= 0.3 is 0 Å². The average molecular weight is 376 g/mol. The van der Waals surface area contributed by atoms with Gasteiger partial charge in [0.15, 0.2) is 6.29 Å². The van der Waals surface area contributed by atoms with E-state index in [1.54, 1.807) is 24.3 Å². The molecule has 1 heterocycles. The standard InChI is InChI=1S/C14H18BrNO6/c15-8-3-1-7(2-4-8)5-10(18)16-11-13(20)12(19)9(6-17)22-14(11)21/h1-4,9,11-14,17,19-21H,5-6H2,(H,16,18)/t9-,11-,12-,13-,14-/m1/s1. The molecule has 8 heteroatoms. The molecular formula is C14H18BrNO6. The fourth-order valence-corrected chi connectivity index (χ4v) is 2.54. The summed E-state index contributed by atoms with van der Waals surface area (Å²) < 4.78 is 5.86. The zero-order valence-electron chi connectivity index (χ0n) is 11.6. The van der Waals surface area contributed by atoms with Gasteiger partial charge in [-0.25, -0.2) is 0 Å². The lowest BCUT2D eigenvalue weighted by molar-refractivity contribution is -0.253. The van der Waals surface area contributed by atoms with Crippen molar-refractivity contribution in [3.63, 3.8) is 0 Å². The van der Waals surface area contributed by atoms with Gasteiger partial charge in [0.05, 0.1) is 13.0 Å². The van der Waals surface area contributed by atoms with E-state index in [0.29, 0.717) is 0 Å². The van der Waals surface area contributed by atoms with Gasteiger partial charge in [0.1, 0.15) is 24.4 Å². The molecule has 0 aromatic heterocycles. The Bertz CT molecular complexity index is 511. The molecule has 22 heavy (non-hydrogen) atoms. The Balaban J connectivity index is 1.97. The van der Waals surface area contributed by atoms with Gasteiger partial charge in [-0.1, -0.05) is 28.1 Å². The lowest BCUT2D eigenvalue weighted by Crippen LogP contribution is -2.64. The third-order valence-electron chi connectivity index (χ3n) is 3.51. The van der Waals surface area contributed by atoms with Crippen molar-refractivity contribution in [1.82, 2.24) is 5.32 Å². The number of nitrogens with one attached hydrogen (secondary N) is 1. The van der Waals surface area contributed by atoms with Crippen LogP contribution in [0.5, 0.6) is 0 Å². The van der Waals surface area contributed by atoms with E-state index in [9.17, 15) is 20.1 Å². The lowest BCUT2D eigenvalue weighted by Gasteiger charge is -2.40. The summed E-state index contributed by atoms with van der Waals surface area (Å²) in [5.41, 5.74) is 0.759. The molecule has 0 saturated carbocycles. The van der Waals surface area contributed by atoms with Crippen LogP contribution in [-0.2, 0) is 16.0 Å². The summed E-state index contributed by atoms with van der Waals surface area (Å²) in [5, 5.41) is 40.9. The fourth-order valence-electron chi connectivity index (χ4n) is 2.28. The third-order valence-corrected chi connectivity index (χ3v) is 4.03. The number of carbonyl (C=O) groups excluding carboxylic acids is 1. The van der Waals surface area contributed by atoms with Crippen molar-refractivity contribution < 1.29 is 30.0 Å². The Kier molecular flexibility index (Phi) is 5.90.